The second-order valence-corrected chi connectivity index (χ2v) is 3.70. The van der Waals surface area contributed by atoms with Crippen LogP contribution in [0.15, 0.2) is 23.0 Å². The second-order valence-electron chi connectivity index (χ2n) is 3.32. The molecule has 0 unspecified atom stereocenters. The fourth-order valence-electron chi connectivity index (χ4n) is 1.51. The number of esters is 1. The molecule has 2 aromatic rings. The van der Waals surface area contributed by atoms with Crippen molar-refractivity contribution in [2.24, 2.45) is 0 Å². The van der Waals surface area contributed by atoms with Crippen molar-refractivity contribution in [3.63, 3.8) is 0 Å². The molecular formula is C11H7ClFNO3. The first-order chi connectivity index (χ1) is 8.04. The number of aromatic amines is 1. The minimum Gasteiger partial charge on any atom is -0.465 e. The first kappa shape index (κ1) is 11.6. The van der Waals surface area contributed by atoms with E-state index in [0.717, 1.165) is 13.2 Å². The van der Waals surface area contributed by atoms with Crippen molar-refractivity contribution in [2.75, 3.05) is 7.11 Å². The van der Waals surface area contributed by atoms with Crippen LogP contribution in [-0.4, -0.2) is 18.1 Å². The molecule has 88 valence electrons. The smallest absolute Gasteiger partial charge is 0.345 e. The van der Waals surface area contributed by atoms with Crippen LogP contribution in [0.4, 0.5) is 4.39 Å². The Morgan fingerprint density at radius 1 is 1.47 bits per heavy atom. The highest BCUT2D eigenvalue weighted by atomic mass is 35.5. The quantitative estimate of drug-likeness (QED) is 0.794. The summed E-state index contributed by atoms with van der Waals surface area (Å²) in [5.74, 6) is -1.34. The van der Waals surface area contributed by atoms with E-state index in [1.54, 1.807) is 0 Å². The number of fused-ring (bicyclic) bond motifs is 1. The first-order valence-electron chi connectivity index (χ1n) is 4.64. The van der Waals surface area contributed by atoms with Crippen LogP contribution in [0.2, 0.25) is 5.02 Å². The van der Waals surface area contributed by atoms with E-state index in [-0.39, 0.29) is 16.1 Å². The van der Waals surface area contributed by atoms with Crippen LogP contribution >= 0.6 is 11.6 Å². The standard InChI is InChI=1S/C11H7ClFNO3/c1-17-11(16)8-9(12)6-3-2-5(13)4-7(6)14-10(8)15/h2-4H,1H3,(H,14,15). The maximum atomic E-state index is 13.0. The Labute approximate surface area is 100.0 Å². The van der Waals surface area contributed by atoms with Crippen LogP contribution in [0.25, 0.3) is 10.9 Å². The number of halogens is 2. The third-order valence-corrected chi connectivity index (χ3v) is 2.69. The van der Waals surface area contributed by atoms with Gasteiger partial charge in [-0.05, 0) is 18.2 Å². The van der Waals surface area contributed by atoms with E-state index < -0.39 is 17.3 Å². The van der Waals surface area contributed by atoms with Crippen LogP contribution in [0, 0.1) is 5.82 Å². The number of carbonyl (C=O) groups is 1. The maximum absolute atomic E-state index is 13.0. The zero-order valence-electron chi connectivity index (χ0n) is 8.71. The van der Waals surface area contributed by atoms with E-state index in [1.165, 1.54) is 12.1 Å². The van der Waals surface area contributed by atoms with Gasteiger partial charge in [0, 0.05) is 5.39 Å². The van der Waals surface area contributed by atoms with Crippen molar-refractivity contribution < 1.29 is 13.9 Å². The Morgan fingerprint density at radius 3 is 2.82 bits per heavy atom. The van der Waals surface area contributed by atoms with Crippen molar-refractivity contribution in [3.05, 3.63) is 45.0 Å². The van der Waals surface area contributed by atoms with E-state index in [9.17, 15) is 14.0 Å². The Kier molecular flexibility index (Phi) is 2.85. The molecule has 6 heteroatoms. The summed E-state index contributed by atoms with van der Waals surface area (Å²) in [5.41, 5.74) is -0.763. The number of hydrogen-bond donors (Lipinski definition) is 1. The molecule has 1 aromatic carbocycles. The van der Waals surface area contributed by atoms with Crippen molar-refractivity contribution in [2.45, 2.75) is 0 Å². The summed E-state index contributed by atoms with van der Waals surface area (Å²) in [5, 5.41) is 0.337. The van der Waals surface area contributed by atoms with Gasteiger partial charge in [0.25, 0.3) is 5.56 Å². The Balaban J connectivity index is 2.85. The predicted octanol–water partition coefficient (Wildman–Crippen LogP) is 2.11. The number of rotatable bonds is 1. The first-order valence-corrected chi connectivity index (χ1v) is 5.01. The molecule has 0 atom stereocenters. The van der Waals surface area contributed by atoms with Crippen LogP contribution < -0.4 is 5.56 Å². The molecule has 0 bridgehead atoms. The van der Waals surface area contributed by atoms with Crippen molar-refractivity contribution >= 4 is 28.5 Å². The van der Waals surface area contributed by atoms with Crippen LogP contribution in [-0.2, 0) is 4.74 Å². The monoisotopic (exact) mass is 255 g/mol. The summed E-state index contributed by atoms with van der Waals surface area (Å²) in [4.78, 5) is 25.3. The Morgan fingerprint density at radius 2 is 2.18 bits per heavy atom. The number of carbonyl (C=O) groups excluding carboxylic acids is 1. The highest BCUT2D eigenvalue weighted by Crippen LogP contribution is 2.24. The van der Waals surface area contributed by atoms with E-state index in [1.807, 2.05) is 0 Å². The number of ether oxygens (including phenoxy) is 1. The third-order valence-electron chi connectivity index (χ3n) is 2.30. The molecule has 0 fully saturated rings. The molecule has 17 heavy (non-hydrogen) atoms. The zero-order valence-corrected chi connectivity index (χ0v) is 9.47. The van der Waals surface area contributed by atoms with Gasteiger partial charge in [0.05, 0.1) is 17.6 Å². The minimum absolute atomic E-state index is 0.0457. The lowest BCUT2D eigenvalue weighted by Gasteiger charge is -2.05. The van der Waals surface area contributed by atoms with E-state index in [0.29, 0.717) is 5.39 Å². The zero-order chi connectivity index (χ0) is 12.6. The molecular weight excluding hydrogens is 249 g/mol. The maximum Gasteiger partial charge on any atom is 0.345 e. The average molecular weight is 256 g/mol. The summed E-state index contributed by atoms with van der Waals surface area (Å²) in [6.45, 7) is 0. The molecule has 0 saturated heterocycles. The molecule has 0 saturated carbocycles. The van der Waals surface area contributed by atoms with Gasteiger partial charge in [-0.25, -0.2) is 9.18 Å². The molecule has 0 aliphatic heterocycles. The lowest BCUT2D eigenvalue weighted by molar-refractivity contribution is 0.0599. The lowest BCUT2D eigenvalue weighted by atomic mass is 10.1. The molecule has 0 aliphatic carbocycles. The van der Waals surface area contributed by atoms with Crippen LogP contribution in [0.1, 0.15) is 10.4 Å². The third kappa shape index (κ3) is 1.89. The van der Waals surface area contributed by atoms with Gasteiger partial charge in [-0.2, -0.15) is 0 Å². The minimum atomic E-state index is -0.831. The van der Waals surface area contributed by atoms with Gasteiger partial charge in [0.2, 0.25) is 0 Å². The van der Waals surface area contributed by atoms with Gasteiger partial charge in [-0.3, -0.25) is 4.79 Å². The second kappa shape index (κ2) is 4.18. The number of methoxy groups -OCH3 is 1. The number of pyridine rings is 1. The number of hydrogen-bond acceptors (Lipinski definition) is 3. The van der Waals surface area contributed by atoms with E-state index in [4.69, 9.17) is 11.6 Å². The molecule has 1 aromatic heterocycles. The lowest BCUT2D eigenvalue weighted by Crippen LogP contribution is -2.19. The van der Waals surface area contributed by atoms with Gasteiger partial charge in [-0.1, -0.05) is 11.6 Å². The fourth-order valence-corrected chi connectivity index (χ4v) is 1.84. The molecule has 2 rings (SSSR count). The Bertz CT molecular complexity index is 666. The van der Waals surface area contributed by atoms with Gasteiger partial charge in [0.1, 0.15) is 11.4 Å². The molecule has 0 radical (unpaired) electrons. The number of benzene rings is 1. The van der Waals surface area contributed by atoms with Crippen molar-refractivity contribution in [1.82, 2.24) is 4.98 Å². The number of nitrogens with one attached hydrogen (secondary N) is 1. The molecule has 1 heterocycles. The molecule has 1 N–H and O–H groups in total. The summed E-state index contributed by atoms with van der Waals surface area (Å²) in [6.07, 6.45) is 0. The number of aromatic nitrogens is 1. The van der Waals surface area contributed by atoms with Crippen molar-refractivity contribution in [3.8, 4) is 0 Å². The van der Waals surface area contributed by atoms with Gasteiger partial charge < -0.3 is 9.72 Å². The Hall–Kier alpha value is -1.88. The molecule has 0 spiro atoms. The summed E-state index contributed by atoms with van der Waals surface area (Å²) >= 11 is 5.93. The largest absolute Gasteiger partial charge is 0.465 e. The average Bonchev–Trinajstić information content (AvgIpc) is 2.28. The molecule has 4 nitrogen and oxygen atoms in total. The number of H-pyrrole nitrogens is 1. The normalized spacial score (nSPS) is 10.5. The summed E-state index contributed by atoms with van der Waals surface area (Å²) in [7, 11) is 1.15. The van der Waals surface area contributed by atoms with Gasteiger partial charge in [-0.15, -0.1) is 0 Å². The fraction of sp³-hybridized carbons (Fsp3) is 0.0909. The van der Waals surface area contributed by atoms with Crippen LogP contribution in [0.3, 0.4) is 0 Å². The predicted molar refractivity (Wildman–Crippen MR) is 60.9 cm³/mol. The van der Waals surface area contributed by atoms with Crippen LogP contribution in [0.5, 0.6) is 0 Å². The van der Waals surface area contributed by atoms with Crippen molar-refractivity contribution in [1.29, 1.82) is 0 Å². The topological polar surface area (TPSA) is 59.2 Å². The van der Waals surface area contributed by atoms with Gasteiger partial charge >= 0.3 is 5.97 Å². The summed E-state index contributed by atoms with van der Waals surface area (Å²) < 4.78 is 17.4. The highest BCUT2D eigenvalue weighted by Gasteiger charge is 2.18. The highest BCUT2D eigenvalue weighted by molar-refractivity contribution is 6.38. The van der Waals surface area contributed by atoms with Gasteiger partial charge in [0.15, 0.2) is 0 Å². The molecule has 0 amide bonds. The van der Waals surface area contributed by atoms with E-state index >= 15 is 0 Å². The molecule has 0 aliphatic rings. The van der Waals surface area contributed by atoms with E-state index in [2.05, 4.69) is 9.72 Å². The SMILES string of the molecule is COC(=O)c1c(Cl)c2ccc(F)cc2[nH]c1=O. The summed E-state index contributed by atoms with van der Waals surface area (Å²) in [6, 6.07) is 3.70.